The zero-order valence-electron chi connectivity index (χ0n) is 19.1. The van der Waals surface area contributed by atoms with Crippen molar-refractivity contribution in [2.75, 3.05) is 13.1 Å². The molecule has 15 heteroatoms. The molecule has 0 aliphatic heterocycles. The molecule has 0 aliphatic rings. The fraction of sp³-hybridized carbons (Fsp3) is 0.227. The van der Waals surface area contributed by atoms with Gasteiger partial charge in [-0.3, -0.25) is 19.7 Å². The van der Waals surface area contributed by atoms with Crippen molar-refractivity contribution in [1.29, 1.82) is 0 Å². The van der Waals surface area contributed by atoms with Crippen LogP contribution in [-0.2, 0) is 12.7 Å². The number of amides is 2. The van der Waals surface area contributed by atoms with Crippen LogP contribution >= 0.6 is 0 Å². The van der Waals surface area contributed by atoms with Gasteiger partial charge in [-0.25, -0.2) is 4.98 Å². The van der Waals surface area contributed by atoms with Crippen molar-refractivity contribution in [3.05, 3.63) is 81.2 Å². The summed E-state index contributed by atoms with van der Waals surface area (Å²) in [5.74, 6) is -3.06. The highest BCUT2D eigenvalue weighted by Gasteiger charge is 2.38. The molecule has 0 saturated carbocycles. The van der Waals surface area contributed by atoms with E-state index in [9.17, 15) is 32.9 Å². The number of benzene rings is 2. The summed E-state index contributed by atoms with van der Waals surface area (Å²) in [5.41, 5.74) is 0.774. The summed E-state index contributed by atoms with van der Waals surface area (Å²) in [6.07, 6.45) is -4.72. The maximum atomic E-state index is 13.5. The molecule has 2 aromatic carbocycles. The lowest BCUT2D eigenvalue weighted by Crippen LogP contribution is -2.34. The van der Waals surface area contributed by atoms with E-state index >= 15 is 0 Å². The first-order valence-corrected chi connectivity index (χ1v) is 10.7. The summed E-state index contributed by atoms with van der Waals surface area (Å²) in [7, 11) is 0. The van der Waals surface area contributed by atoms with Crippen LogP contribution in [0.5, 0.6) is 0 Å². The number of rotatable bonds is 8. The van der Waals surface area contributed by atoms with Crippen LogP contribution in [0.3, 0.4) is 0 Å². The van der Waals surface area contributed by atoms with Gasteiger partial charge in [0.1, 0.15) is 0 Å². The Hall–Kier alpha value is -4.82. The molecule has 0 unspecified atom stereocenters. The van der Waals surface area contributed by atoms with Crippen LogP contribution in [0.15, 0.2) is 47.0 Å². The summed E-state index contributed by atoms with van der Waals surface area (Å²) < 4.78 is 46.1. The Morgan fingerprint density at radius 3 is 2.46 bits per heavy atom. The molecule has 2 aromatic heterocycles. The zero-order valence-corrected chi connectivity index (χ0v) is 19.1. The summed E-state index contributed by atoms with van der Waals surface area (Å²) in [6.45, 7) is 1.06. The van der Waals surface area contributed by atoms with Gasteiger partial charge < -0.3 is 19.7 Å². The highest BCUT2D eigenvalue weighted by Crippen LogP contribution is 2.31. The number of aryl methyl sites for hydroxylation is 1. The van der Waals surface area contributed by atoms with Crippen molar-refractivity contribution in [2.24, 2.45) is 0 Å². The van der Waals surface area contributed by atoms with Crippen LogP contribution in [0.1, 0.15) is 38.3 Å². The Labute approximate surface area is 205 Å². The zero-order chi connectivity index (χ0) is 26.7. The van der Waals surface area contributed by atoms with Crippen LogP contribution < -0.4 is 10.6 Å². The van der Waals surface area contributed by atoms with E-state index < -0.39 is 41.2 Å². The largest absolute Gasteiger partial charge is 0.449 e. The van der Waals surface area contributed by atoms with Crippen molar-refractivity contribution >= 4 is 28.5 Å². The van der Waals surface area contributed by atoms with Gasteiger partial charge in [-0.2, -0.15) is 18.2 Å². The van der Waals surface area contributed by atoms with Crippen LogP contribution in [0, 0.1) is 17.0 Å². The molecule has 0 saturated heterocycles. The second-order valence-corrected chi connectivity index (χ2v) is 7.79. The predicted molar refractivity (Wildman–Crippen MR) is 121 cm³/mol. The number of halogens is 3. The van der Waals surface area contributed by atoms with E-state index in [0.29, 0.717) is 5.56 Å². The molecule has 2 heterocycles. The first-order valence-electron chi connectivity index (χ1n) is 10.7. The second-order valence-electron chi connectivity index (χ2n) is 7.79. The molecule has 0 atom stereocenters. The molecular formula is C22H18F3N7O5. The van der Waals surface area contributed by atoms with E-state index in [2.05, 4.69) is 25.8 Å². The third kappa shape index (κ3) is 5.55. The van der Waals surface area contributed by atoms with Crippen molar-refractivity contribution in [1.82, 2.24) is 30.3 Å². The number of fused-ring (bicyclic) bond motifs is 1. The number of imidazole rings is 1. The standard InChI is InChI=1S/C22H18F3N7O5/c1-12-10-13(6-7-15(12)32(35)36)18(33)26-8-9-27-19(34)20-29-17(30-37-20)11-31-16-5-3-2-4-14(16)28-21(31)22(23,24)25/h2-7,10H,8-9,11H2,1H3,(H,26,33)(H,27,34). The highest BCUT2D eigenvalue weighted by molar-refractivity contribution is 5.94. The first kappa shape index (κ1) is 25.3. The Morgan fingerprint density at radius 2 is 1.78 bits per heavy atom. The lowest BCUT2D eigenvalue weighted by molar-refractivity contribution is -0.385. The molecule has 4 aromatic rings. The SMILES string of the molecule is Cc1cc(C(=O)NCCNC(=O)c2nc(Cn3c(C(F)(F)F)nc4ccccc43)no2)ccc1[N+](=O)[O-]. The van der Waals surface area contributed by atoms with Gasteiger partial charge in [-0.1, -0.05) is 17.3 Å². The monoisotopic (exact) mass is 517 g/mol. The molecule has 2 N–H and O–H groups in total. The van der Waals surface area contributed by atoms with Crippen LogP contribution in [0.2, 0.25) is 0 Å². The van der Waals surface area contributed by atoms with Crippen molar-refractivity contribution in [2.45, 2.75) is 19.6 Å². The molecule has 0 bridgehead atoms. The van der Waals surface area contributed by atoms with Crippen LogP contribution in [0.25, 0.3) is 11.0 Å². The summed E-state index contributed by atoms with van der Waals surface area (Å²) in [4.78, 5) is 42.3. The van der Waals surface area contributed by atoms with E-state index in [1.165, 1.54) is 37.3 Å². The molecule has 12 nitrogen and oxygen atoms in total. The second kappa shape index (κ2) is 10.0. The van der Waals surface area contributed by atoms with Crippen molar-refractivity contribution in [3.63, 3.8) is 0 Å². The van der Waals surface area contributed by atoms with E-state index in [-0.39, 0.29) is 41.2 Å². The Balaban J connectivity index is 1.34. The Kier molecular flexibility index (Phi) is 6.86. The number of aromatic nitrogens is 4. The quantitative estimate of drug-likeness (QED) is 0.205. The number of hydrogen-bond acceptors (Lipinski definition) is 8. The fourth-order valence-corrected chi connectivity index (χ4v) is 3.54. The van der Waals surface area contributed by atoms with Gasteiger partial charge in [-0.05, 0) is 31.2 Å². The molecule has 0 fully saturated rings. The minimum absolute atomic E-state index is 0.0115. The molecule has 192 valence electrons. The maximum absolute atomic E-state index is 13.5. The average Bonchev–Trinajstić information content (AvgIpc) is 3.46. The highest BCUT2D eigenvalue weighted by atomic mass is 19.4. The number of nitrogens with zero attached hydrogens (tertiary/aromatic N) is 5. The van der Waals surface area contributed by atoms with E-state index in [4.69, 9.17) is 4.52 Å². The number of para-hydroxylation sites is 2. The van der Waals surface area contributed by atoms with Crippen molar-refractivity contribution < 1.29 is 32.2 Å². The van der Waals surface area contributed by atoms with Gasteiger partial charge in [0, 0.05) is 30.3 Å². The van der Waals surface area contributed by atoms with Crippen LogP contribution in [0.4, 0.5) is 18.9 Å². The molecule has 37 heavy (non-hydrogen) atoms. The van der Waals surface area contributed by atoms with E-state index in [1.807, 2.05) is 0 Å². The maximum Gasteiger partial charge on any atom is 0.449 e. The Bertz CT molecular complexity index is 1500. The Morgan fingerprint density at radius 1 is 1.08 bits per heavy atom. The number of carbonyl (C=O) groups is 2. The lowest BCUT2D eigenvalue weighted by atomic mass is 10.1. The van der Waals surface area contributed by atoms with Gasteiger partial charge in [0.05, 0.1) is 22.5 Å². The number of nitro benzene ring substituents is 1. The molecule has 0 radical (unpaired) electrons. The molecular weight excluding hydrogens is 499 g/mol. The van der Waals surface area contributed by atoms with Crippen LogP contribution in [-0.4, -0.2) is 49.5 Å². The predicted octanol–water partition coefficient (Wildman–Crippen LogP) is 2.86. The van der Waals surface area contributed by atoms with Gasteiger partial charge >= 0.3 is 18.0 Å². The third-order valence-corrected chi connectivity index (χ3v) is 5.22. The smallest absolute Gasteiger partial charge is 0.350 e. The van der Waals surface area contributed by atoms with E-state index in [1.54, 1.807) is 12.1 Å². The third-order valence-electron chi connectivity index (χ3n) is 5.22. The topological polar surface area (TPSA) is 158 Å². The molecule has 0 spiro atoms. The minimum atomic E-state index is -4.72. The molecule has 4 rings (SSSR count). The fourth-order valence-electron chi connectivity index (χ4n) is 3.54. The summed E-state index contributed by atoms with van der Waals surface area (Å²) >= 11 is 0. The number of nitrogens with one attached hydrogen (secondary N) is 2. The lowest BCUT2D eigenvalue weighted by Gasteiger charge is -2.09. The number of hydrogen-bond donors (Lipinski definition) is 2. The van der Waals surface area contributed by atoms with E-state index in [0.717, 1.165) is 4.57 Å². The average molecular weight is 517 g/mol. The normalized spacial score (nSPS) is 11.5. The molecule has 0 aliphatic carbocycles. The van der Waals surface area contributed by atoms with Gasteiger partial charge in [0.25, 0.3) is 11.6 Å². The number of alkyl halides is 3. The summed E-state index contributed by atoms with van der Waals surface area (Å²) in [5, 5.41) is 19.5. The van der Waals surface area contributed by atoms with Gasteiger partial charge in [-0.15, -0.1) is 0 Å². The van der Waals surface area contributed by atoms with Gasteiger partial charge in [0.15, 0.2) is 5.82 Å². The summed E-state index contributed by atoms with van der Waals surface area (Å²) in [6, 6.07) is 9.95. The van der Waals surface area contributed by atoms with Gasteiger partial charge in [0.2, 0.25) is 5.82 Å². The minimum Gasteiger partial charge on any atom is -0.350 e. The molecule has 2 amide bonds. The number of nitro groups is 1. The first-order chi connectivity index (χ1) is 17.5. The van der Waals surface area contributed by atoms with Crippen molar-refractivity contribution in [3.8, 4) is 0 Å². The number of carbonyl (C=O) groups excluding carboxylic acids is 2.